The zero-order valence-electron chi connectivity index (χ0n) is 16.7. The lowest BCUT2D eigenvalue weighted by Gasteiger charge is -2.23. The molecule has 0 unspecified atom stereocenters. The fourth-order valence-corrected chi connectivity index (χ4v) is 3.82. The van der Waals surface area contributed by atoms with E-state index in [2.05, 4.69) is 4.98 Å². The number of nitrogens with one attached hydrogen (secondary N) is 1. The lowest BCUT2D eigenvalue weighted by molar-refractivity contribution is -0.147. The van der Waals surface area contributed by atoms with E-state index in [1.165, 1.54) is 22.3 Å². The van der Waals surface area contributed by atoms with E-state index in [0.717, 1.165) is 15.4 Å². The SMILES string of the molecule is CC(C)(CCc1ncc(-c2ccc(N(C(=N)N)c3ccccc3F)cc2)s1)C(=O)O. The van der Waals surface area contributed by atoms with Gasteiger partial charge in [0.25, 0.3) is 0 Å². The van der Waals surface area contributed by atoms with Crippen molar-refractivity contribution in [3.05, 3.63) is 65.6 Å². The average molecular weight is 427 g/mol. The highest BCUT2D eigenvalue weighted by Crippen LogP contribution is 2.33. The maximum absolute atomic E-state index is 14.2. The molecule has 4 N–H and O–H groups in total. The van der Waals surface area contributed by atoms with E-state index < -0.39 is 17.2 Å². The molecule has 0 aliphatic carbocycles. The molecular weight excluding hydrogens is 403 g/mol. The lowest BCUT2D eigenvalue weighted by Crippen LogP contribution is -2.32. The summed E-state index contributed by atoms with van der Waals surface area (Å²) in [5.74, 6) is -1.57. The van der Waals surface area contributed by atoms with Gasteiger partial charge in [-0.3, -0.25) is 15.1 Å². The number of halogens is 1. The number of nitrogens with two attached hydrogens (primary N) is 1. The summed E-state index contributed by atoms with van der Waals surface area (Å²) in [6.07, 6.45) is 2.86. The summed E-state index contributed by atoms with van der Waals surface area (Å²) in [6, 6.07) is 13.4. The standard InChI is InChI=1S/C22H23FN4O2S/c1-22(2,20(28)29)12-11-19-26-13-18(30-19)14-7-9-15(10-8-14)27(21(24)25)17-6-4-3-5-16(17)23/h3-10,13H,11-12H2,1-2H3,(H3,24,25)(H,28,29). The Morgan fingerprint density at radius 2 is 1.90 bits per heavy atom. The first-order valence-corrected chi connectivity index (χ1v) is 10.2. The zero-order chi connectivity index (χ0) is 21.9. The molecule has 0 fully saturated rings. The fourth-order valence-electron chi connectivity index (χ4n) is 2.90. The Bertz CT molecular complexity index is 1060. The normalized spacial score (nSPS) is 11.3. The van der Waals surface area contributed by atoms with Gasteiger partial charge in [0, 0.05) is 18.3 Å². The number of aryl methyl sites for hydroxylation is 1. The van der Waals surface area contributed by atoms with Crippen LogP contribution in [0.25, 0.3) is 10.4 Å². The number of hydrogen-bond donors (Lipinski definition) is 3. The summed E-state index contributed by atoms with van der Waals surface area (Å²) in [6.45, 7) is 3.41. The van der Waals surface area contributed by atoms with Crippen LogP contribution in [-0.4, -0.2) is 22.0 Å². The first-order valence-electron chi connectivity index (χ1n) is 9.36. The van der Waals surface area contributed by atoms with Crippen LogP contribution in [0.15, 0.2) is 54.7 Å². The van der Waals surface area contributed by atoms with Gasteiger partial charge in [-0.2, -0.15) is 0 Å². The Balaban J connectivity index is 1.79. The fraction of sp³-hybridized carbons (Fsp3) is 0.227. The first kappa shape index (κ1) is 21.4. The predicted octanol–water partition coefficient (Wildman–Crippen LogP) is 5.02. The van der Waals surface area contributed by atoms with Gasteiger partial charge in [-0.25, -0.2) is 9.37 Å². The Morgan fingerprint density at radius 3 is 2.50 bits per heavy atom. The number of nitrogens with zero attached hydrogens (tertiary/aromatic N) is 2. The van der Waals surface area contributed by atoms with Crippen molar-refractivity contribution in [2.45, 2.75) is 26.7 Å². The molecule has 156 valence electrons. The van der Waals surface area contributed by atoms with Gasteiger partial charge in [0.1, 0.15) is 5.82 Å². The van der Waals surface area contributed by atoms with Crippen LogP contribution in [0.4, 0.5) is 15.8 Å². The number of rotatable bonds is 7. The van der Waals surface area contributed by atoms with E-state index >= 15 is 0 Å². The zero-order valence-corrected chi connectivity index (χ0v) is 17.5. The predicted molar refractivity (Wildman–Crippen MR) is 118 cm³/mol. The van der Waals surface area contributed by atoms with Crippen molar-refractivity contribution in [2.24, 2.45) is 11.1 Å². The van der Waals surface area contributed by atoms with E-state index in [1.54, 1.807) is 50.4 Å². The number of carboxylic acid groups (broad SMARTS) is 1. The molecular formula is C22H23FN4O2S. The van der Waals surface area contributed by atoms with Crippen molar-refractivity contribution in [1.29, 1.82) is 5.41 Å². The number of carbonyl (C=O) groups is 1. The molecule has 0 radical (unpaired) electrons. The summed E-state index contributed by atoms with van der Waals surface area (Å²) in [5, 5.41) is 18.0. The molecule has 30 heavy (non-hydrogen) atoms. The van der Waals surface area contributed by atoms with Crippen molar-refractivity contribution in [3.8, 4) is 10.4 Å². The topological polar surface area (TPSA) is 103 Å². The molecule has 1 heterocycles. The molecule has 0 amide bonds. The molecule has 1 aromatic heterocycles. The van der Waals surface area contributed by atoms with Gasteiger partial charge in [-0.1, -0.05) is 24.3 Å². The van der Waals surface area contributed by atoms with Crippen LogP contribution in [0.2, 0.25) is 0 Å². The van der Waals surface area contributed by atoms with Gasteiger partial charge < -0.3 is 10.8 Å². The van der Waals surface area contributed by atoms with Crippen LogP contribution in [-0.2, 0) is 11.2 Å². The molecule has 0 saturated carbocycles. The molecule has 0 aliphatic heterocycles. The smallest absolute Gasteiger partial charge is 0.309 e. The highest BCUT2D eigenvalue weighted by molar-refractivity contribution is 7.15. The summed E-state index contributed by atoms with van der Waals surface area (Å²) >= 11 is 1.51. The second-order valence-electron chi connectivity index (χ2n) is 7.53. The highest BCUT2D eigenvalue weighted by Gasteiger charge is 2.27. The van der Waals surface area contributed by atoms with E-state index in [4.69, 9.17) is 11.1 Å². The number of thiazole rings is 1. The maximum atomic E-state index is 14.2. The molecule has 0 bridgehead atoms. The summed E-state index contributed by atoms with van der Waals surface area (Å²) in [4.78, 5) is 18.0. The maximum Gasteiger partial charge on any atom is 0.309 e. The molecule has 3 rings (SSSR count). The van der Waals surface area contributed by atoms with Crippen molar-refractivity contribution in [3.63, 3.8) is 0 Å². The Morgan fingerprint density at radius 1 is 1.23 bits per heavy atom. The van der Waals surface area contributed by atoms with Crippen molar-refractivity contribution in [2.75, 3.05) is 4.90 Å². The third-order valence-electron chi connectivity index (χ3n) is 4.84. The average Bonchev–Trinajstić information content (AvgIpc) is 3.17. The van der Waals surface area contributed by atoms with Crippen LogP contribution in [0.1, 0.15) is 25.3 Å². The quantitative estimate of drug-likeness (QED) is 0.363. The summed E-state index contributed by atoms with van der Waals surface area (Å²) in [7, 11) is 0. The summed E-state index contributed by atoms with van der Waals surface area (Å²) < 4.78 is 14.2. The molecule has 0 aliphatic rings. The molecule has 0 spiro atoms. The molecule has 0 atom stereocenters. The number of guanidine groups is 1. The van der Waals surface area contributed by atoms with E-state index in [0.29, 0.717) is 18.5 Å². The van der Waals surface area contributed by atoms with Gasteiger partial charge in [0.2, 0.25) is 0 Å². The van der Waals surface area contributed by atoms with Crippen LogP contribution >= 0.6 is 11.3 Å². The number of anilines is 2. The third-order valence-corrected chi connectivity index (χ3v) is 5.95. The molecule has 3 aromatic rings. The second kappa shape index (κ2) is 8.62. The van der Waals surface area contributed by atoms with Gasteiger partial charge in [0.05, 0.1) is 21.0 Å². The van der Waals surface area contributed by atoms with E-state index in [1.807, 2.05) is 12.1 Å². The van der Waals surface area contributed by atoms with Crippen LogP contribution in [0.3, 0.4) is 0 Å². The minimum absolute atomic E-state index is 0.207. The van der Waals surface area contributed by atoms with Gasteiger partial charge in [-0.05, 0) is 50.1 Å². The number of aromatic nitrogens is 1. The van der Waals surface area contributed by atoms with E-state index in [-0.39, 0.29) is 11.6 Å². The van der Waals surface area contributed by atoms with Crippen LogP contribution < -0.4 is 10.6 Å². The Labute approximate surface area is 178 Å². The molecule has 6 nitrogen and oxygen atoms in total. The molecule has 2 aromatic carbocycles. The van der Waals surface area contributed by atoms with Crippen molar-refractivity contribution in [1.82, 2.24) is 4.98 Å². The van der Waals surface area contributed by atoms with Crippen molar-refractivity contribution < 1.29 is 14.3 Å². The number of aliphatic carboxylic acids is 1. The molecule has 8 heteroatoms. The minimum atomic E-state index is -0.820. The largest absolute Gasteiger partial charge is 0.481 e. The highest BCUT2D eigenvalue weighted by atomic mass is 32.1. The first-order chi connectivity index (χ1) is 14.2. The Kier molecular flexibility index (Phi) is 6.17. The third kappa shape index (κ3) is 4.65. The van der Waals surface area contributed by atoms with Crippen LogP contribution in [0.5, 0.6) is 0 Å². The lowest BCUT2D eigenvalue weighted by atomic mass is 9.88. The minimum Gasteiger partial charge on any atom is -0.481 e. The van der Waals surface area contributed by atoms with E-state index in [9.17, 15) is 14.3 Å². The Hall–Kier alpha value is -3.26. The number of hydrogen-bond acceptors (Lipinski definition) is 4. The summed E-state index contributed by atoms with van der Waals surface area (Å²) in [5.41, 5.74) is 6.62. The van der Waals surface area contributed by atoms with Gasteiger partial charge in [-0.15, -0.1) is 11.3 Å². The second-order valence-corrected chi connectivity index (χ2v) is 8.64. The monoisotopic (exact) mass is 426 g/mol. The van der Waals surface area contributed by atoms with Gasteiger partial charge in [0.15, 0.2) is 5.96 Å². The number of carboxylic acids is 1. The number of benzene rings is 2. The van der Waals surface area contributed by atoms with Crippen molar-refractivity contribution >= 4 is 34.6 Å². The van der Waals surface area contributed by atoms with Gasteiger partial charge >= 0.3 is 5.97 Å². The van der Waals surface area contributed by atoms with Crippen LogP contribution in [0, 0.1) is 16.6 Å². The number of para-hydroxylation sites is 1. The molecule has 0 saturated heterocycles.